The third-order valence-electron chi connectivity index (χ3n) is 3.08. The Bertz CT molecular complexity index is 358. The minimum atomic E-state index is -4.39. The van der Waals surface area contributed by atoms with Gasteiger partial charge in [-0.2, -0.15) is 13.1 Å². The number of sulfonamides is 1. The molecule has 1 aliphatic rings. The van der Waals surface area contributed by atoms with E-state index >= 15 is 0 Å². The van der Waals surface area contributed by atoms with Gasteiger partial charge in [0.2, 0.25) is 0 Å². The fourth-order valence-corrected chi connectivity index (χ4v) is 2.88. The summed E-state index contributed by atoms with van der Waals surface area (Å²) in [5.74, 6) is -2.95. The number of nitrogens with zero attached hydrogens (tertiary/aromatic N) is 1. The molecule has 0 saturated carbocycles. The summed E-state index contributed by atoms with van der Waals surface area (Å²) in [6.07, 6.45) is 1.27. The van der Waals surface area contributed by atoms with Gasteiger partial charge in [-0.15, -0.1) is 0 Å². The molecule has 0 amide bonds. The van der Waals surface area contributed by atoms with Gasteiger partial charge in [0.05, 0.1) is 0 Å². The lowest BCUT2D eigenvalue weighted by Gasteiger charge is -2.32. The summed E-state index contributed by atoms with van der Waals surface area (Å²) in [5, 5.41) is 3.35. The number of halogens is 2. The van der Waals surface area contributed by atoms with Gasteiger partial charge in [-0.3, -0.25) is 0 Å². The van der Waals surface area contributed by atoms with Crippen LogP contribution in [0.4, 0.5) is 8.78 Å². The topological polar surface area (TPSA) is 49.4 Å². The number of hydrogen-bond donors (Lipinski definition) is 1. The first-order valence-corrected chi connectivity index (χ1v) is 7.65. The van der Waals surface area contributed by atoms with Crippen LogP contribution in [0.5, 0.6) is 0 Å². The van der Waals surface area contributed by atoms with Crippen molar-refractivity contribution < 1.29 is 17.2 Å². The van der Waals surface area contributed by atoms with E-state index in [-0.39, 0.29) is 18.6 Å². The largest absolute Gasteiger partial charge is 0.350 e. The van der Waals surface area contributed by atoms with Crippen molar-refractivity contribution in [2.75, 3.05) is 19.6 Å². The maximum absolute atomic E-state index is 12.4. The van der Waals surface area contributed by atoms with Gasteiger partial charge in [-0.25, -0.2) is 8.42 Å². The molecule has 1 heterocycles. The van der Waals surface area contributed by atoms with E-state index in [9.17, 15) is 17.2 Å². The SMILES string of the molecule is CC(C)(C)NCC1CCN(S(=O)(=O)C(F)F)CC1. The van der Waals surface area contributed by atoms with E-state index < -0.39 is 15.8 Å². The minimum Gasteiger partial charge on any atom is -0.312 e. The molecule has 4 nitrogen and oxygen atoms in total. The van der Waals surface area contributed by atoms with Gasteiger partial charge < -0.3 is 5.32 Å². The lowest BCUT2D eigenvalue weighted by molar-refractivity contribution is 0.200. The normalized spacial score (nSPS) is 20.6. The molecule has 0 radical (unpaired) electrons. The second-order valence-electron chi connectivity index (χ2n) is 5.78. The number of rotatable bonds is 4. The van der Waals surface area contributed by atoms with Gasteiger partial charge in [0, 0.05) is 18.6 Å². The molecule has 1 fully saturated rings. The molecule has 7 heteroatoms. The molecule has 0 aliphatic carbocycles. The van der Waals surface area contributed by atoms with Crippen molar-refractivity contribution in [2.24, 2.45) is 5.92 Å². The maximum Gasteiger partial charge on any atom is 0.350 e. The summed E-state index contributed by atoms with van der Waals surface area (Å²) in [5.41, 5.74) is 0.0200. The zero-order valence-electron chi connectivity index (χ0n) is 11.1. The van der Waals surface area contributed by atoms with Crippen molar-refractivity contribution in [3.05, 3.63) is 0 Å². The first-order valence-electron chi connectivity index (χ1n) is 6.15. The first-order chi connectivity index (χ1) is 8.13. The predicted octanol–water partition coefficient (Wildman–Crippen LogP) is 1.64. The molecule has 18 heavy (non-hydrogen) atoms. The van der Waals surface area contributed by atoms with Crippen LogP contribution in [0.3, 0.4) is 0 Å². The molecular weight excluding hydrogens is 262 g/mol. The molecule has 0 atom stereocenters. The van der Waals surface area contributed by atoms with Crippen molar-refractivity contribution in [2.45, 2.75) is 44.9 Å². The molecular formula is C11H22F2N2O2S. The fourth-order valence-electron chi connectivity index (χ4n) is 1.93. The van der Waals surface area contributed by atoms with Crippen LogP contribution in [0.15, 0.2) is 0 Å². The Morgan fingerprint density at radius 3 is 2.17 bits per heavy atom. The zero-order valence-corrected chi connectivity index (χ0v) is 11.9. The Hall–Kier alpha value is -0.270. The predicted molar refractivity (Wildman–Crippen MR) is 67.0 cm³/mol. The minimum absolute atomic E-state index is 0.0200. The summed E-state index contributed by atoms with van der Waals surface area (Å²) < 4.78 is 48.2. The van der Waals surface area contributed by atoms with E-state index in [0.29, 0.717) is 18.8 Å². The second-order valence-corrected chi connectivity index (χ2v) is 7.68. The Kier molecular flexibility index (Phi) is 5.08. The zero-order chi connectivity index (χ0) is 14.0. The average molecular weight is 284 g/mol. The summed E-state index contributed by atoms with van der Waals surface area (Å²) in [6.45, 7) is 7.37. The third-order valence-corrected chi connectivity index (χ3v) is 4.61. The molecule has 1 aliphatic heterocycles. The fraction of sp³-hybridized carbons (Fsp3) is 1.00. The molecule has 0 bridgehead atoms. The van der Waals surface area contributed by atoms with Crippen molar-refractivity contribution in [1.29, 1.82) is 0 Å². The van der Waals surface area contributed by atoms with Crippen LogP contribution in [0, 0.1) is 5.92 Å². The highest BCUT2D eigenvalue weighted by Gasteiger charge is 2.34. The molecule has 0 spiro atoms. The first kappa shape index (κ1) is 15.8. The van der Waals surface area contributed by atoms with Gasteiger partial charge >= 0.3 is 5.76 Å². The van der Waals surface area contributed by atoms with E-state index in [4.69, 9.17) is 0 Å². The van der Waals surface area contributed by atoms with Crippen LogP contribution in [0.1, 0.15) is 33.6 Å². The standard InChI is InChI=1S/C11H22F2N2O2S/c1-11(2,3)14-8-9-4-6-15(7-5-9)18(16,17)10(12)13/h9-10,14H,4-8H2,1-3H3. The Morgan fingerprint density at radius 1 is 1.28 bits per heavy atom. The van der Waals surface area contributed by atoms with E-state index in [1.807, 2.05) is 0 Å². The van der Waals surface area contributed by atoms with E-state index in [0.717, 1.165) is 10.8 Å². The monoisotopic (exact) mass is 284 g/mol. The highest BCUT2D eigenvalue weighted by Crippen LogP contribution is 2.22. The smallest absolute Gasteiger partial charge is 0.312 e. The van der Waals surface area contributed by atoms with Crippen molar-refractivity contribution in [3.63, 3.8) is 0 Å². The third kappa shape index (κ3) is 4.44. The van der Waals surface area contributed by atoms with Crippen molar-refractivity contribution >= 4 is 10.0 Å². The molecule has 1 N–H and O–H groups in total. The molecule has 0 aromatic carbocycles. The number of nitrogens with one attached hydrogen (secondary N) is 1. The highest BCUT2D eigenvalue weighted by molar-refractivity contribution is 7.89. The molecule has 108 valence electrons. The van der Waals surface area contributed by atoms with Gasteiger partial charge in [-0.1, -0.05) is 0 Å². The van der Waals surface area contributed by atoms with Gasteiger partial charge in [0.15, 0.2) is 0 Å². The van der Waals surface area contributed by atoms with Gasteiger partial charge in [0.1, 0.15) is 0 Å². The van der Waals surface area contributed by atoms with Crippen LogP contribution in [0.25, 0.3) is 0 Å². The summed E-state index contributed by atoms with van der Waals surface area (Å²) in [4.78, 5) is 0. The van der Waals surface area contributed by atoms with E-state index in [1.165, 1.54) is 0 Å². The van der Waals surface area contributed by atoms with Crippen LogP contribution >= 0.6 is 0 Å². The van der Waals surface area contributed by atoms with Crippen LogP contribution in [0.2, 0.25) is 0 Å². The molecule has 1 saturated heterocycles. The molecule has 1 rings (SSSR count). The van der Waals surface area contributed by atoms with Gasteiger partial charge in [0.25, 0.3) is 10.0 Å². The lowest BCUT2D eigenvalue weighted by Crippen LogP contribution is -2.45. The van der Waals surface area contributed by atoms with E-state index in [1.54, 1.807) is 0 Å². The quantitative estimate of drug-likeness (QED) is 0.854. The van der Waals surface area contributed by atoms with E-state index in [2.05, 4.69) is 26.1 Å². The molecule has 0 aromatic heterocycles. The molecule has 0 aromatic rings. The van der Waals surface area contributed by atoms with Crippen molar-refractivity contribution in [3.8, 4) is 0 Å². The summed E-state index contributed by atoms with van der Waals surface area (Å²) in [7, 11) is -4.39. The lowest BCUT2D eigenvalue weighted by atomic mass is 9.97. The Labute approximate surface area is 108 Å². The summed E-state index contributed by atoms with van der Waals surface area (Å²) >= 11 is 0. The Balaban J connectivity index is 2.42. The second kappa shape index (κ2) is 5.79. The molecule has 0 unspecified atom stereocenters. The Morgan fingerprint density at radius 2 is 1.78 bits per heavy atom. The maximum atomic E-state index is 12.4. The van der Waals surface area contributed by atoms with Crippen LogP contribution < -0.4 is 5.32 Å². The average Bonchev–Trinajstić information content (AvgIpc) is 2.26. The summed E-state index contributed by atoms with van der Waals surface area (Å²) in [6, 6.07) is 0. The van der Waals surface area contributed by atoms with Crippen molar-refractivity contribution in [1.82, 2.24) is 9.62 Å². The number of hydrogen-bond acceptors (Lipinski definition) is 3. The number of piperidine rings is 1. The van der Waals surface area contributed by atoms with Gasteiger partial charge in [-0.05, 0) is 46.1 Å². The number of alkyl halides is 2. The van der Waals surface area contributed by atoms with Crippen LogP contribution in [-0.2, 0) is 10.0 Å². The highest BCUT2D eigenvalue weighted by atomic mass is 32.2. The van der Waals surface area contributed by atoms with Crippen LogP contribution in [-0.4, -0.2) is 43.7 Å².